The Labute approximate surface area is 206 Å². The molecule has 1 aromatic carbocycles. The number of nitrogens with one attached hydrogen (secondary N) is 3. The van der Waals surface area contributed by atoms with Crippen molar-refractivity contribution < 1.29 is 9.52 Å². The van der Waals surface area contributed by atoms with Gasteiger partial charge in [0.25, 0.3) is 0 Å². The lowest BCUT2D eigenvalue weighted by Gasteiger charge is -2.20. The molecule has 0 saturated heterocycles. The van der Waals surface area contributed by atoms with Crippen molar-refractivity contribution in [2.45, 2.75) is 45.6 Å². The number of aromatic nitrogens is 3. The molecule has 0 amide bonds. The Kier molecular flexibility index (Phi) is 9.70. The van der Waals surface area contributed by atoms with Crippen molar-refractivity contribution in [3.63, 3.8) is 0 Å². The number of aliphatic hydroxyl groups excluding tert-OH is 1. The Balaban J connectivity index is 0.00000363. The highest BCUT2D eigenvalue weighted by molar-refractivity contribution is 14.0. The molecule has 2 aromatic heterocycles. The molecule has 0 aliphatic heterocycles. The maximum Gasteiger partial charge on any atom is 0.216 e. The van der Waals surface area contributed by atoms with Gasteiger partial charge in [0.15, 0.2) is 11.7 Å². The first-order chi connectivity index (χ1) is 14.9. The molecule has 2 heterocycles. The quantitative estimate of drug-likeness (QED) is 0.192. The number of aliphatic hydroxyl groups is 1. The Morgan fingerprint density at radius 3 is 2.56 bits per heavy atom. The van der Waals surface area contributed by atoms with Gasteiger partial charge in [-0.15, -0.1) is 24.0 Å². The summed E-state index contributed by atoms with van der Waals surface area (Å²) in [5.74, 6) is 2.59. The number of aromatic amines is 1. The average molecular weight is 552 g/mol. The Morgan fingerprint density at radius 2 is 1.94 bits per heavy atom. The van der Waals surface area contributed by atoms with Crippen LogP contribution in [0.5, 0.6) is 0 Å². The van der Waals surface area contributed by atoms with Gasteiger partial charge in [-0.2, -0.15) is 5.10 Å². The van der Waals surface area contributed by atoms with E-state index in [9.17, 15) is 5.11 Å². The third-order valence-corrected chi connectivity index (χ3v) is 4.86. The lowest BCUT2D eigenvalue weighted by molar-refractivity contribution is 0.187. The molecule has 0 bridgehead atoms. The Morgan fingerprint density at radius 1 is 1.19 bits per heavy atom. The summed E-state index contributed by atoms with van der Waals surface area (Å²) < 4.78 is 5.31. The number of hydrogen-bond acceptors (Lipinski definition) is 5. The molecule has 3 rings (SSSR count). The number of nitrogens with zero attached hydrogens (tertiary/aromatic N) is 3. The van der Waals surface area contributed by atoms with Crippen molar-refractivity contribution in [2.24, 2.45) is 4.99 Å². The molecule has 3 aromatic rings. The highest BCUT2D eigenvalue weighted by Gasteiger charge is 2.15. The molecule has 0 aliphatic carbocycles. The molecule has 0 spiro atoms. The fourth-order valence-electron chi connectivity index (χ4n) is 3.05. The molecular formula is C23H33IN6O2. The number of furan rings is 1. The molecule has 0 saturated carbocycles. The lowest BCUT2D eigenvalue weighted by Crippen LogP contribution is -2.38. The van der Waals surface area contributed by atoms with Gasteiger partial charge >= 0.3 is 0 Å². The third-order valence-electron chi connectivity index (χ3n) is 4.86. The van der Waals surface area contributed by atoms with Crippen LogP contribution >= 0.6 is 24.0 Å². The predicted octanol–water partition coefficient (Wildman–Crippen LogP) is 3.81. The first kappa shape index (κ1) is 25.9. The van der Waals surface area contributed by atoms with Crippen molar-refractivity contribution >= 4 is 29.9 Å². The van der Waals surface area contributed by atoms with Crippen molar-refractivity contribution in [3.8, 4) is 11.6 Å². The first-order valence-electron chi connectivity index (χ1n) is 10.6. The molecule has 174 valence electrons. The zero-order valence-electron chi connectivity index (χ0n) is 19.1. The summed E-state index contributed by atoms with van der Waals surface area (Å²) in [7, 11) is 0. The predicted molar refractivity (Wildman–Crippen MR) is 137 cm³/mol. The second-order valence-corrected chi connectivity index (χ2v) is 8.37. The van der Waals surface area contributed by atoms with Crippen LogP contribution in [0.1, 0.15) is 50.8 Å². The van der Waals surface area contributed by atoms with Gasteiger partial charge in [-0.3, -0.25) is 10.1 Å². The molecule has 1 unspecified atom stereocenters. The molecule has 8 nitrogen and oxygen atoms in total. The lowest BCUT2D eigenvalue weighted by atomic mass is 9.86. The van der Waals surface area contributed by atoms with Gasteiger partial charge in [-0.1, -0.05) is 45.0 Å². The zero-order chi connectivity index (χ0) is 22.3. The molecule has 0 aliphatic rings. The van der Waals surface area contributed by atoms with E-state index in [1.165, 1.54) is 5.56 Å². The minimum absolute atomic E-state index is 0. The fraction of sp³-hybridized carbons (Fsp3) is 0.435. The van der Waals surface area contributed by atoms with Gasteiger partial charge < -0.3 is 20.2 Å². The second kappa shape index (κ2) is 12.0. The van der Waals surface area contributed by atoms with Gasteiger partial charge in [0.05, 0.1) is 18.9 Å². The van der Waals surface area contributed by atoms with Crippen LogP contribution < -0.4 is 10.6 Å². The van der Waals surface area contributed by atoms with E-state index < -0.39 is 6.10 Å². The van der Waals surface area contributed by atoms with Crippen LogP contribution in [0.3, 0.4) is 0 Å². The number of H-pyrrole nitrogens is 1. The van der Waals surface area contributed by atoms with Crippen LogP contribution in [0.2, 0.25) is 0 Å². The number of hydrogen-bond donors (Lipinski definition) is 4. The maximum absolute atomic E-state index is 10.5. The summed E-state index contributed by atoms with van der Waals surface area (Å²) in [5.41, 5.74) is 2.19. The monoisotopic (exact) mass is 552 g/mol. The van der Waals surface area contributed by atoms with Gasteiger partial charge in [-0.25, -0.2) is 4.98 Å². The Bertz CT molecular complexity index is 961. The third kappa shape index (κ3) is 7.33. The number of rotatable bonds is 8. The first-order valence-corrected chi connectivity index (χ1v) is 10.6. The number of benzene rings is 1. The topological polar surface area (TPSA) is 111 Å². The number of guanidine groups is 1. The minimum atomic E-state index is -0.658. The van der Waals surface area contributed by atoms with Crippen LogP contribution in [0.4, 0.5) is 0 Å². The normalized spacial score (nSPS) is 12.8. The van der Waals surface area contributed by atoms with Crippen molar-refractivity contribution in [2.75, 3.05) is 19.6 Å². The number of aliphatic imine (C=N–C) groups is 1. The van der Waals surface area contributed by atoms with Crippen LogP contribution in [0.15, 0.2) is 52.1 Å². The standard InChI is InChI=1S/C23H32N6O2.HI/c1-5-24-22(25-13-12-20-27-21(29-28-20)19-7-6-14-31-19)26-15-18(30)16-8-10-17(11-9-16)23(2,3)4;/h6-11,14,18,30H,5,12-13,15H2,1-4H3,(H2,24,25,26)(H,27,28,29);1H. The average Bonchev–Trinajstić information content (AvgIpc) is 3.43. The molecule has 4 N–H and O–H groups in total. The van der Waals surface area contributed by atoms with Gasteiger partial charge in [0.2, 0.25) is 5.82 Å². The second-order valence-electron chi connectivity index (χ2n) is 8.37. The number of halogens is 1. The van der Waals surface area contributed by atoms with Gasteiger partial charge in [-0.05, 0) is 35.6 Å². The summed E-state index contributed by atoms with van der Waals surface area (Å²) >= 11 is 0. The molecular weight excluding hydrogens is 519 g/mol. The summed E-state index contributed by atoms with van der Waals surface area (Å²) in [6, 6.07) is 11.7. The van der Waals surface area contributed by atoms with Crippen LogP contribution in [0, 0.1) is 0 Å². The molecule has 32 heavy (non-hydrogen) atoms. The molecule has 0 fully saturated rings. The van der Waals surface area contributed by atoms with Crippen LogP contribution in [-0.4, -0.2) is 45.9 Å². The molecule has 9 heteroatoms. The minimum Gasteiger partial charge on any atom is -0.461 e. The van der Waals surface area contributed by atoms with E-state index in [0.717, 1.165) is 17.9 Å². The summed E-state index contributed by atoms with van der Waals surface area (Å²) in [6.07, 6.45) is 1.59. The van der Waals surface area contributed by atoms with E-state index in [4.69, 9.17) is 4.42 Å². The SMILES string of the molecule is CCNC(=NCC(O)c1ccc(C(C)(C)C)cc1)NCCc1nc(-c2ccco2)n[nH]1.I. The smallest absolute Gasteiger partial charge is 0.216 e. The van der Waals surface area contributed by atoms with E-state index in [2.05, 4.69) is 63.7 Å². The summed E-state index contributed by atoms with van der Waals surface area (Å²) in [4.78, 5) is 8.95. The van der Waals surface area contributed by atoms with Crippen molar-refractivity contribution in [3.05, 3.63) is 59.6 Å². The molecule has 0 radical (unpaired) electrons. The van der Waals surface area contributed by atoms with Crippen LogP contribution in [-0.2, 0) is 11.8 Å². The van der Waals surface area contributed by atoms with E-state index in [0.29, 0.717) is 30.5 Å². The Hall–Kier alpha value is -2.40. The van der Waals surface area contributed by atoms with Gasteiger partial charge in [0, 0.05) is 19.5 Å². The van der Waals surface area contributed by atoms with E-state index in [1.54, 1.807) is 12.3 Å². The van der Waals surface area contributed by atoms with E-state index in [1.807, 2.05) is 25.1 Å². The maximum atomic E-state index is 10.5. The van der Waals surface area contributed by atoms with Gasteiger partial charge in [0.1, 0.15) is 5.82 Å². The zero-order valence-corrected chi connectivity index (χ0v) is 21.4. The van der Waals surface area contributed by atoms with E-state index >= 15 is 0 Å². The highest BCUT2D eigenvalue weighted by atomic mass is 127. The highest BCUT2D eigenvalue weighted by Crippen LogP contribution is 2.24. The molecule has 1 atom stereocenters. The van der Waals surface area contributed by atoms with E-state index in [-0.39, 0.29) is 35.9 Å². The summed E-state index contributed by atoms with van der Waals surface area (Å²) in [5, 5.41) is 24.1. The fourth-order valence-corrected chi connectivity index (χ4v) is 3.05. The van der Waals surface area contributed by atoms with Crippen LogP contribution in [0.25, 0.3) is 11.6 Å². The van der Waals surface area contributed by atoms with Crippen molar-refractivity contribution in [1.82, 2.24) is 25.8 Å². The van der Waals surface area contributed by atoms with Crippen molar-refractivity contribution in [1.29, 1.82) is 0 Å². The summed E-state index contributed by atoms with van der Waals surface area (Å²) in [6.45, 7) is 10.2. The largest absolute Gasteiger partial charge is 0.461 e.